The molecular formula is C19H15Cl2NO2. The smallest absolute Gasteiger partial charge is 0.269 e. The van der Waals surface area contributed by atoms with Crippen molar-refractivity contribution in [2.24, 2.45) is 0 Å². The Hall–Kier alpha value is -2.10. The zero-order valence-electron chi connectivity index (χ0n) is 13.3. The maximum absolute atomic E-state index is 12.8. The average molecular weight is 360 g/mol. The lowest BCUT2D eigenvalue weighted by atomic mass is 9.99. The summed E-state index contributed by atoms with van der Waals surface area (Å²) in [6.07, 6.45) is 0. The third kappa shape index (κ3) is 2.97. The van der Waals surface area contributed by atoms with Crippen molar-refractivity contribution in [3.63, 3.8) is 0 Å². The van der Waals surface area contributed by atoms with Gasteiger partial charge in [0.1, 0.15) is 5.03 Å². The van der Waals surface area contributed by atoms with Crippen molar-refractivity contribution in [2.45, 2.75) is 20.4 Å². The Balaban J connectivity index is 1.94. The van der Waals surface area contributed by atoms with Gasteiger partial charge < -0.3 is 0 Å². The number of rotatable bonds is 3. The van der Waals surface area contributed by atoms with Crippen LogP contribution in [0.3, 0.4) is 0 Å². The van der Waals surface area contributed by atoms with Crippen LogP contribution in [0.5, 0.6) is 0 Å². The fourth-order valence-corrected chi connectivity index (χ4v) is 3.20. The second kappa shape index (κ2) is 6.42. The predicted molar refractivity (Wildman–Crippen MR) is 95.7 cm³/mol. The van der Waals surface area contributed by atoms with Crippen LogP contribution in [0.1, 0.15) is 22.3 Å². The van der Waals surface area contributed by atoms with Crippen LogP contribution >= 0.6 is 23.2 Å². The number of carbonyl (C=O) groups is 2. The third-order valence-corrected chi connectivity index (χ3v) is 4.62. The van der Waals surface area contributed by atoms with Crippen molar-refractivity contribution >= 4 is 40.6 Å². The van der Waals surface area contributed by atoms with Crippen molar-refractivity contribution in [2.75, 3.05) is 0 Å². The molecule has 2 aromatic rings. The molecule has 0 saturated carbocycles. The minimum atomic E-state index is -0.466. The van der Waals surface area contributed by atoms with Gasteiger partial charge in [-0.2, -0.15) is 0 Å². The molecule has 3 nitrogen and oxygen atoms in total. The fraction of sp³-hybridized carbons (Fsp3) is 0.158. The average Bonchev–Trinajstić information content (AvgIpc) is 2.74. The molecule has 3 rings (SSSR count). The van der Waals surface area contributed by atoms with E-state index in [0.717, 1.165) is 16.7 Å². The van der Waals surface area contributed by atoms with Crippen molar-refractivity contribution in [3.8, 4) is 0 Å². The maximum Gasteiger partial charge on any atom is 0.273 e. The Morgan fingerprint density at radius 1 is 0.917 bits per heavy atom. The lowest BCUT2D eigenvalue weighted by Gasteiger charge is -2.15. The van der Waals surface area contributed by atoms with Gasteiger partial charge in [0.2, 0.25) is 0 Å². The number of amides is 2. The molecule has 0 N–H and O–H groups in total. The van der Waals surface area contributed by atoms with Crippen LogP contribution < -0.4 is 0 Å². The van der Waals surface area contributed by atoms with E-state index in [4.69, 9.17) is 23.2 Å². The molecule has 0 unspecified atom stereocenters. The summed E-state index contributed by atoms with van der Waals surface area (Å²) in [5.41, 5.74) is 3.78. The Kier molecular flexibility index (Phi) is 4.48. The number of halogens is 2. The maximum atomic E-state index is 12.8. The number of carbonyl (C=O) groups excluding carboxylic acids is 2. The van der Waals surface area contributed by atoms with Crippen LogP contribution in [0.25, 0.3) is 5.57 Å². The van der Waals surface area contributed by atoms with Crippen LogP contribution in [0.15, 0.2) is 47.5 Å². The zero-order chi connectivity index (χ0) is 17.4. The lowest BCUT2D eigenvalue weighted by molar-refractivity contribution is -0.137. The summed E-state index contributed by atoms with van der Waals surface area (Å²) in [5.74, 6) is -0.835. The van der Waals surface area contributed by atoms with Crippen molar-refractivity contribution in [1.82, 2.24) is 4.90 Å². The first-order valence-electron chi connectivity index (χ1n) is 7.46. The van der Waals surface area contributed by atoms with E-state index < -0.39 is 5.91 Å². The number of nitrogens with zero attached hydrogens (tertiary/aromatic N) is 1. The summed E-state index contributed by atoms with van der Waals surface area (Å²) in [6, 6.07) is 12.7. The van der Waals surface area contributed by atoms with E-state index in [1.54, 1.807) is 24.3 Å². The molecule has 0 atom stereocenters. The fourth-order valence-electron chi connectivity index (χ4n) is 2.79. The highest BCUT2D eigenvalue weighted by molar-refractivity contribution is 6.55. The monoisotopic (exact) mass is 359 g/mol. The van der Waals surface area contributed by atoms with Crippen molar-refractivity contribution in [3.05, 3.63) is 74.8 Å². The van der Waals surface area contributed by atoms with E-state index in [9.17, 15) is 9.59 Å². The molecule has 2 aromatic carbocycles. The van der Waals surface area contributed by atoms with E-state index in [1.165, 1.54) is 4.90 Å². The number of benzene rings is 2. The highest BCUT2D eigenvalue weighted by Gasteiger charge is 2.38. The Bertz CT molecular complexity index is 869. The third-order valence-electron chi connectivity index (χ3n) is 4.02. The van der Waals surface area contributed by atoms with Gasteiger partial charge in [-0.05, 0) is 42.7 Å². The van der Waals surface area contributed by atoms with Crippen LogP contribution in [-0.4, -0.2) is 16.7 Å². The van der Waals surface area contributed by atoms with Crippen molar-refractivity contribution in [1.29, 1.82) is 0 Å². The molecule has 1 aliphatic rings. The molecule has 0 aromatic heterocycles. The Morgan fingerprint density at radius 3 is 2.21 bits per heavy atom. The van der Waals surface area contributed by atoms with Gasteiger partial charge >= 0.3 is 0 Å². The normalized spacial score (nSPS) is 14.8. The molecule has 0 aliphatic carbocycles. The molecule has 24 heavy (non-hydrogen) atoms. The van der Waals surface area contributed by atoms with Gasteiger partial charge in [0.25, 0.3) is 11.8 Å². The minimum absolute atomic E-state index is 0.0269. The predicted octanol–water partition coefficient (Wildman–Crippen LogP) is 4.48. The van der Waals surface area contributed by atoms with Crippen LogP contribution in [0, 0.1) is 13.8 Å². The van der Waals surface area contributed by atoms with E-state index >= 15 is 0 Å². The SMILES string of the molecule is Cc1ccc(C2=C(Cl)C(=O)N(Cc3ccc(Cl)cc3)C2=O)c(C)c1. The number of imide groups is 1. The highest BCUT2D eigenvalue weighted by Crippen LogP contribution is 2.34. The topological polar surface area (TPSA) is 37.4 Å². The van der Waals surface area contributed by atoms with Crippen molar-refractivity contribution < 1.29 is 9.59 Å². The summed E-state index contributed by atoms with van der Waals surface area (Å²) in [7, 11) is 0. The lowest BCUT2D eigenvalue weighted by Crippen LogP contribution is -2.30. The molecule has 122 valence electrons. The van der Waals surface area contributed by atoms with Crippen LogP contribution in [0.2, 0.25) is 5.02 Å². The van der Waals surface area contributed by atoms with Gasteiger partial charge in [-0.15, -0.1) is 0 Å². The standard InChI is InChI=1S/C19H15Cl2NO2/c1-11-3-8-15(12(2)9-11)16-17(21)19(24)22(18(16)23)10-13-4-6-14(20)7-5-13/h3-9H,10H2,1-2H3. The molecular weight excluding hydrogens is 345 g/mol. The minimum Gasteiger partial charge on any atom is -0.269 e. The number of hydrogen-bond acceptors (Lipinski definition) is 2. The Morgan fingerprint density at radius 2 is 1.58 bits per heavy atom. The molecule has 0 fully saturated rings. The van der Waals surface area contributed by atoms with E-state index in [2.05, 4.69) is 0 Å². The van der Waals surface area contributed by atoms with E-state index in [-0.39, 0.29) is 23.1 Å². The van der Waals surface area contributed by atoms with Crippen LogP contribution in [0.4, 0.5) is 0 Å². The van der Waals surface area contributed by atoms with Gasteiger partial charge in [-0.1, -0.05) is 59.1 Å². The van der Waals surface area contributed by atoms with Gasteiger partial charge in [0.15, 0.2) is 0 Å². The number of hydrogen-bond donors (Lipinski definition) is 0. The summed E-state index contributed by atoms with van der Waals surface area (Å²) < 4.78 is 0. The first kappa shape index (κ1) is 16.7. The quantitative estimate of drug-likeness (QED) is 0.757. The molecule has 2 amide bonds. The molecule has 0 saturated heterocycles. The molecule has 0 bridgehead atoms. The van der Waals surface area contributed by atoms with E-state index in [0.29, 0.717) is 10.6 Å². The second-order valence-corrected chi connectivity index (χ2v) is 6.64. The highest BCUT2D eigenvalue weighted by atomic mass is 35.5. The summed E-state index contributed by atoms with van der Waals surface area (Å²) in [5, 5.41) is 0.575. The molecule has 0 radical (unpaired) electrons. The first-order chi connectivity index (χ1) is 11.4. The summed E-state index contributed by atoms with van der Waals surface area (Å²) in [4.78, 5) is 26.4. The number of aryl methyl sites for hydroxylation is 2. The zero-order valence-corrected chi connectivity index (χ0v) is 14.8. The van der Waals surface area contributed by atoms with Gasteiger partial charge in [-0.25, -0.2) is 0 Å². The van der Waals surface area contributed by atoms with Gasteiger partial charge in [-0.3, -0.25) is 14.5 Å². The summed E-state index contributed by atoms with van der Waals surface area (Å²) in [6.45, 7) is 4.04. The van der Waals surface area contributed by atoms with Gasteiger partial charge in [0, 0.05) is 5.02 Å². The first-order valence-corrected chi connectivity index (χ1v) is 8.22. The molecule has 1 aliphatic heterocycles. The summed E-state index contributed by atoms with van der Waals surface area (Å²) >= 11 is 12.1. The molecule has 1 heterocycles. The Labute approximate surface area is 150 Å². The van der Waals surface area contributed by atoms with Crippen LogP contribution in [-0.2, 0) is 16.1 Å². The second-order valence-electron chi connectivity index (χ2n) is 5.83. The van der Waals surface area contributed by atoms with E-state index in [1.807, 2.05) is 32.0 Å². The molecule has 5 heteroatoms. The van der Waals surface area contributed by atoms with Gasteiger partial charge in [0.05, 0.1) is 12.1 Å². The molecule has 0 spiro atoms. The largest absolute Gasteiger partial charge is 0.273 e.